The first kappa shape index (κ1) is 6.49. The number of fused-ring (bicyclic) bond motifs is 1. The molecule has 0 amide bonds. The quantitative estimate of drug-likeness (QED) is 0.585. The van der Waals surface area contributed by atoms with Crippen LogP contribution in [0.4, 0.5) is 0 Å². The van der Waals surface area contributed by atoms with Crippen LogP contribution in [0.15, 0.2) is 0 Å². The van der Waals surface area contributed by atoms with Gasteiger partial charge in [0.05, 0.1) is 0 Å². The standard InChI is InChI=1S/C6H8N2S2/c9-6-7-4-1-2-10-3-5(4)8-6/h1-3H2,(H2,7,8,9). The predicted octanol–water partition coefficient (Wildman–Crippen LogP) is 1.86. The van der Waals surface area contributed by atoms with E-state index >= 15 is 0 Å². The van der Waals surface area contributed by atoms with E-state index in [-0.39, 0.29) is 0 Å². The molecule has 54 valence electrons. The third-order valence-corrected chi connectivity index (χ3v) is 2.83. The molecule has 4 heteroatoms. The summed E-state index contributed by atoms with van der Waals surface area (Å²) in [5.74, 6) is 2.30. The maximum Gasteiger partial charge on any atom is 0.174 e. The summed E-state index contributed by atoms with van der Waals surface area (Å²) >= 11 is 6.91. The van der Waals surface area contributed by atoms with Crippen molar-refractivity contribution in [1.82, 2.24) is 9.97 Å². The number of hydrogen-bond acceptors (Lipinski definition) is 2. The summed E-state index contributed by atoms with van der Waals surface area (Å²) in [6, 6.07) is 0. The van der Waals surface area contributed by atoms with E-state index in [4.69, 9.17) is 12.2 Å². The van der Waals surface area contributed by atoms with Gasteiger partial charge in [-0.15, -0.1) is 0 Å². The SMILES string of the molecule is S=c1[nH]c2c([nH]1)CSCC2. The summed E-state index contributed by atoms with van der Waals surface area (Å²) in [6.45, 7) is 0. The van der Waals surface area contributed by atoms with Gasteiger partial charge >= 0.3 is 0 Å². The number of aryl methyl sites for hydroxylation is 1. The first-order chi connectivity index (χ1) is 4.86. The van der Waals surface area contributed by atoms with Gasteiger partial charge in [-0.2, -0.15) is 11.8 Å². The Kier molecular flexibility index (Phi) is 1.58. The molecule has 0 saturated heterocycles. The number of thioether (sulfide) groups is 1. The largest absolute Gasteiger partial charge is 0.334 e. The Morgan fingerprint density at radius 3 is 2.90 bits per heavy atom. The molecule has 2 heterocycles. The van der Waals surface area contributed by atoms with Crippen molar-refractivity contribution >= 4 is 24.0 Å². The van der Waals surface area contributed by atoms with Gasteiger partial charge in [0.2, 0.25) is 0 Å². The van der Waals surface area contributed by atoms with Crippen molar-refractivity contribution in [1.29, 1.82) is 0 Å². The molecule has 0 saturated carbocycles. The molecule has 0 aliphatic carbocycles. The van der Waals surface area contributed by atoms with E-state index in [1.807, 2.05) is 11.8 Å². The van der Waals surface area contributed by atoms with Crippen LogP contribution in [0.5, 0.6) is 0 Å². The molecule has 2 rings (SSSR count). The van der Waals surface area contributed by atoms with Crippen molar-refractivity contribution in [2.24, 2.45) is 0 Å². The second kappa shape index (κ2) is 2.43. The Labute approximate surface area is 68.4 Å². The third-order valence-electron chi connectivity index (χ3n) is 1.64. The lowest BCUT2D eigenvalue weighted by Gasteiger charge is -2.07. The fourth-order valence-corrected chi connectivity index (χ4v) is 2.33. The molecule has 0 radical (unpaired) electrons. The number of imidazole rings is 1. The highest BCUT2D eigenvalue weighted by atomic mass is 32.2. The van der Waals surface area contributed by atoms with Gasteiger partial charge < -0.3 is 9.97 Å². The van der Waals surface area contributed by atoms with E-state index in [1.54, 1.807) is 0 Å². The maximum atomic E-state index is 4.96. The van der Waals surface area contributed by atoms with Crippen molar-refractivity contribution in [3.05, 3.63) is 16.2 Å². The topological polar surface area (TPSA) is 31.6 Å². The highest BCUT2D eigenvalue weighted by molar-refractivity contribution is 7.98. The monoisotopic (exact) mass is 172 g/mol. The van der Waals surface area contributed by atoms with Gasteiger partial charge in [-0.05, 0) is 24.4 Å². The van der Waals surface area contributed by atoms with Gasteiger partial charge in [0, 0.05) is 17.1 Å². The number of hydrogen-bond donors (Lipinski definition) is 2. The van der Waals surface area contributed by atoms with Gasteiger partial charge in [0.15, 0.2) is 4.77 Å². The first-order valence-electron chi connectivity index (χ1n) is 3.24. The molecular weight excluding hydrogens is 164 g/mol. The van der Waals surface area contributed by atoms with E-state index in [0.717, 1.165) is 16.9 Å². The number of nitrogens with one attached hydrogen (secondary N) is 2. The van der Waals surface area contributed by atoms with Crippen LogP contribution in [0, 0.1) is 4.77 Å². The fraction of sp³-hybridized carbons (Fsp3) is 0.500. The van der Waals surface area contributed by atoms with Crippen molar-refractivity contribution in [3.8, 4) is 0 Å². The molecule has 10 heavy (non-hydrogen) atoms. The summed E-state index contributed by atoms with van der Waals surface area (Å²) in [4.78, 5) is 6.28. The van der Waals surface area contributed by atoms with Gasteiger partial charge in [0.25, 0.3) is 0 Å². The van der Waals surface area contributed by atoms with Crippen LogP contribution in [0.1, 0.15) is 11.4 Å². The van der Waals surface area contributed by atoms with Crippen LogP contribution < -0.4 is 0 Å². The van der Waals surface area contributed by atoms with Crippen molar-refractivity contribution in [2.75, 3.05) is 5.75 Å². The number of aromatic nitrogens is 2. The maximum absolute atomic E-state index is 4.96. The lowest BCUT2D eigenvalue weighted by molar-refractivity contribution is 1.02. The lowest BCUT2D eigenvalue weighted by atomic mass is 10.3. The molecule has 2 nitrogen and oxygen atoms in total. The van der Waals surface area contributed by atoms with E-state index in [9.17, 15) is 0 Å². The first-order valence-corrected chi connectivity index (χ1v) is 4.80. The van der Waals surface area contributed by atoms with Crippen molar-refractivity contribution in [2.45, 2.75) is 12.2 Å². The highest BCUT2D eigenvalue weighted by Crippen LogP contribution is 2.21. The second-order valence-corrected chi connectivity index (χ2v) is 3.85. The highest BCUT2D eigenvalue weighted by Gasteiger charge is 2.10. The summed E-state index contributed by atoms with van der Waals surface area (Å²) in [7, 11) is 0. The molecule has 1 aliphatic heterocycles. The molecule has 0 fully saturated rings. The van der Waals surface area contributed by atoms with E-state index in [2.05, 4.69) is 9.97 Å². The average molecular weight is 172 g/mol. The molecule has 0 aromatic carbocycles. The molecule has 0 bridgehead atoms. The average Bonchev–Trinajstić information content (AvgIpc) is 2.27. The van der Waals surface area contributed by atoms with Crippen LogP contribution in [0.2, 0.25) is 0 Å². The van der Waals surface area contributed by atoms with E-state index in [1.165, 1.54) is 17.1 Å². The van der Waals surface area contributed by atoms with Crippen LogP contribution >= 0.6 is 24.0 Å². The second-order valence-electron chi connectivity index (χ2n) is 2.34. The Morgan fingerprint density at radius 2 is 2.10 bits per heavy atom. The molecule has 0 spiro atoms. The fourth-order valence-electron chi connectivity index (χ4n) is 1.14. The molecular formula is C6H8N2S2. The summed E-state index contributed by atoms with van der Waals surface area (Å²) in [6.07, 6.45) is 1.13. The summed E-state index contributed by atoms with van der Waals surface area (Å²) < 4.78 is 0.771. The van der Waals surface area contributed by atoms with Gasteiger partial charge in [0.1, 0.15) is 0 Å². The Bertz CT molecular complexity index is 260. The number of H-pyrrole nitrogens is 2. The van der Waals surface area contributed by atoms with Crippen LogP contribution in [-0.4, -0.2) is 15.7 Å². The normalized spacial score (nSPS) is 16.8. The molecule has 1 aromatic rings. The number of rotatable bonds is 0. The number of aromatic amines is 2. The lowest BCUT2D eigenvalue weighted by Crippen LogP contribution is -2.00. The van der Waals surface area contributed by atoms with E-state index < -0.39 is 0 Å². The van der Waals surface area contributed by atoms with Crippen LogP contribution in [-0.2, 0) is 12.2 Å². The van der Waals surface area contributed by atoms with Crippen molar-refractivity contribution < 1.29 is 0 Å². The molecule has 0 unspecified atom stereocenters. The predicted molar refractivity (Wildman–Crippen MR) is 45.8 cm³/mol. The van der Waals surface area contributed by atoms with E-state index in [0.29, 0.717) is 0 Å². The van der Waals surface area contributed by atoms with Gasteiger partial charge in [-0.1, -0.05) is 0 Å². The Hall–Kier alpha value is -0.220. The van der Waals surface area contributed by atoms with Gasteiger partial charge in [-0.25, -0.2) is 0 Å². The summed E-state index contributed by atoms with van der Waals surface area (Å²) in [5, 5.41) is 0. The zero-order valence-corrected chi connectivity index (χ0v) is 7.07. The van der Waals surface area contributed by atoms with Crippen LogP contribution in [0.3, 0.4) is 0 Å². The third kappa shape index (κ3) is 1.01. The summed E-state index contributed by atoms with van der Waals surface area (Å²) in [5.41, 5.74) is 2.60. The van der Waals surface area contributed by atoms with Crippen molar-refractivity contribution in [3.63, 3.8) is 0 Å². The Morgan fingerprint density at radius 1 is 1.30 bits per heavy atom. The molecule has 2 N–H and O–H groups in total. The minimum Gasteiger partial charge on any atom is -0.334 e. The Balaban J connectivity index is 2.50. The minimum absolute atomic E-state index is 0.771. The zero-order chi connectivity index (χ0) is 6.97. The van der Waals surface area contributed by atoms with Gasteiger partial charge in [-0.3, -0.25) is 0 Å². The molecule has 1 aromatic heterocycles. The minimum atomic E-state index is 0.771. The van der Waals surface area contributed by atoms with Crippen LogP contribution in [0.25, 0.3) is 0 Å². The zero-order valence-electron chi connectivity index (χ0n) is 5.44. The molecule has 1 aliphatic rings. The smallest absolute Gasteiger partial charge is 0.174 e. The molecule has 0 atom stereocenters.